The predicted octanol–water partition coefficient (Wildman–Crippen LogP) is 2.54. The molecule has 2 atom stereocenters. The summed E-state index contributed by atoms with van der Waals surface area (Å²) in [7, 11) is 0. The molecule has 0 radical (unpaired) electrons. The summed E-state index contributed by atoms with van der Waals surface area (Å²) < 4.78 is 0. The van der Waals surface area contributed by atoms with Gasteiger partial charge in [0.2, 0.25) is 5.91 Å². The van der Waals surface area contributed by atoms with Gasteiger partial charge in [-0.15, -0.1) is 0 Å². The van der Waals surface area contributed by atoms with E-state index in [0.717, 1.165) is 25.2 Å². The Morgan fingerprint density at radius 3 is 2.65 bits per heavy atom. The lowest BCUT2D eigenvalue weighted by atomic mass is 10.0. The smallest absolute Gasteiger partial charge is 0.317 e. The lowest BCUT2D eigenvalue weighted by Crippen LogP contribution is -2.49. The van der Waals surface area contributed by atoms with Gasteiger partial charge in [-0.05, 0) is 37.8 Å². The molecule has 23 heavy (non-hydrogen) atoms. The molecular formula is C18H25N3O2. The van der Waals surface area contributed by atoms with E-state index in [9.17, 15) is 9.59 Å². The number of carbonyl (C=O) groups excluding carboxylic acids is 2. The molecule has 3 rings (SSSR count). The summed E-state index contributed by atoms with van der Waals surface area (Å²) in [6.07, 6.45) is 2.63. The number of hydrogen-bond donors (Lipinski definition) is 1. The molecule has 0 unspecified atom stereocenters. The van der Waals surface area contributed by atoms with Crippen molar-refractivity contribution in [3.05, 3.63) is 29.8 Å². The molecule has 2 fully saturated rings. The second kappa shape index (κ2) is 6.60. The van der Waals surface area contributed by atoms with Crippen LogP contribution >= 0.6 is 0 Å². The number of nitrogens with zero attached hydrogens (tertiary/aromatic N) is 2. The Balaban J connectivity index is 1.59. The molecule has 0 aliphatic carbocycles. The highest BCUT2D eigenvalue weighted by atomic mass is 16.2. The van der Waals surface area contributed by atoms with Gasteiger partial charge in [0.15, 0.2) is 0 Å². The zero-order chi connectivity index (χ0) is 16.4. The summed E-state index contributed by atoms with van der Waals surface area (Å²) in [5, 5.41) is 3.04. The van der Waals surface area contributed by atoms with Crippen LogP contribution in [0.3, 0.4) is 0 Å². The van der Waals surface area contributed by atoms with Gasteiger partial charge in [-0.3, -0.25) is 4.79 Å². The van der Waals surface area contributed by atoms with E-state index in [-0.39, 0.29) is 18.0 Å². The Bertz CT molecular complexity index is 584. The molecule has 1 aromatic carbocycles. The van der Waals surface area contributed by atoms with Crippen LogP contribution in [0, 0.1) is 12.8 Å². The minimum absolute atomic E-state index is 0.0277. The lowest BCUT2D eigenvalue weighted by molar-refractivity contribution is -0.117. The number of amides is 3. The van der Waals surface area contributed by atoms with Crippen LogP contribution < -0.4 is 10.2 Å². The molecule has 0 aromatic heterocycles. The van der Waals surface area contributed by atoms with Gasteiger partial charge in [-0.1, -0.05) is 24.6 Å². The van der Waals surface area contributed by atoms with Gasteiger partial charge in [0.25, 0.3) is 0 Å². The summed E-state index contributed by atoms with van der Waals surface area (Å²) in [4.78, 5) is 28.3. The second-order valence-corrected chi connectivity index (χ2v) is 6.88. The van der Waals surface area contributed by atoms with Crippen LogP contribution in [0.5, 0.6) is 0 Å². The van der Waals surface area contributed by atoms with Crippen LogP contribution in [0.2, 0.25) is 0 Å². The third kappa shape index (κ3) is 3.66. The molecule has 124 valence electrons. The van der Waals surface area contributed by atoms with E-state index < -0.39 is 0 Å². The number of benzene rings is 1. The molecule has 5 heteroatoms. The van der Waals surface area contributed by atoms with Crippen molar-refractivity contribution in [2.75, 3.05) is 24.5 Å². The Morgan fingerprint density at radius 1 is 1.22 bits per heavy atom. The van der Waals surface area contributed by atoms with Crippen molar-refractivity contribution < 1.29 is 9.59 Å². The van der Waals surface area contributed by atoms with Crippen molar-refractivity contribution in [1.82, 2.24) is 10.2 Å². The highest BCUT2D eigenvalue weighted by molar-refractivity contribution is 5.96. The van der Waals surface area contributed by atoms with Crippen molar-refractivity contribution in [3.8, 4) is 0 Å². The van der Waals surface area contributed by atoms with E-state index >= 15 is 0 Å². The first-order valence-electron chi connectivity index (χ1n) is 8.45. The van der Waals surface area contributed by atoms with E-state index in [4.69, 9.17) is 0 Å². The van der Waals surface area contributed by atoms with Crippen molar-refractivity contribution in [1.29, 1.82) is 0 Å². The number of carbonyl (C=O) groups is 2. The van der Waals surface area contributed by atoms with Crippen LogP contribution in [0.15, 0.2) is 24.3 Å². The van der Waals surface area contributed by atoms with Crippen LogP contribution in [0.25, 0.3) is 0 Å². The number of anilines is 1. The maximum Gasteiger partial charge on any atom is 0.317 e. The molecule has 1 aromatic rings. The van der Waals surface area contributed by atoms with E-state index in [0.29, 0.717) is 18.9 Å². The van der Waals surface area contributed by atoms with E-state index in [1.54, 1.807) is 4.90 Å². The highest BCUT2D eigenvalue weighted by Gasteiger charge is 2.33. The molecule has 0 saturated carbocycles. The molecule has 2 saturated heterocycles. The minimum Gasteiger partial charge on any atom is -0.333 e. The van der Waals surface area contributed by atoms with Crippen LogP contribution in [0.4, 0.5) is 10.5 Å². The molecule has 5 nitrogen and oxygen atoms in total. The van der Waals surface area contributed by atoms with Crippen molar-refractivity contribution in [2.24, 2.45) is 5.92 Å². The Kier molecular flexibility index (Phi) is 4.55. The third-order valence-corrected chi connectivity index (χ3v) is 4.74. The predicted molar refractivity (Wildman–Crippen MR) is 90.4 cm³/mol. The minimum atomic E-state index is -0.103. The maximum atomic E-state index is 12.4. The van der Waals surface area contributed by atoms with Crippen LogP contribution in [-0.4, -0.2) is 42.5 Å². The molecule has 2 aliphatic rings. The lowest BCUT2D eigenvalue weighted by Gasteiger charge is -2.31. The normalized spacial score (nSPS) is 24.9. The van der Waals surface area contributed by atoms with Crippen molar-refractivity contribution in [3.63, 3.8) is 0 Å². The van der Waals surface area contributed by atoms with Crippen LogP contribution in [-0.2, 0) is 4.79 Å². The zero-order valence-electron chi connectivity index (χ0n) is 13.9. The molecule has 3 amide bonds. The van der Waals surface area contributed by atoms with E-state index in [1.165, 1.54) is 12.0 Å². The van der Waals surface area contributed by atoms with Gasteiger partial charge in [0, 0.05) is 31.7 Å². The first-order chi connectivity index (χ1) is 11.0. The van der Waals surface area contributed by atoms with Gasteiger partial charge >= 0.3 is 6.03 Å². The Labute approximate surface area is 137 Å². The van der Waals surface area contributed by atoms with Crippen molar-refractivity contribution >= 4 is 17.6 Å². The van der Waals surface area contributed by atoms with Gasteiger partial charge in [0.1, 0.15) is 0 Å². The quantitative estimate of drug-likeness (QED) is 0.912. The monoisotopic (exact) mass is 315 g/mol. The summed E-state index contributed by atoms with van der Waals surface area (Å²) in [5.41, 5.74) is 2.08. The fourth-order valence-corrected chi connectivity index (χ4v) is 3.42. The first kappa shape index (κ1) is 15.8. The van der Waals surface area contributed by atoms with Crippen molar-refractivity contribution in [2.45, 2.75) is 39.2 Å². The molecular weight excluding hydrogens is 290 g/mol. The third-order valence-electron chi connectivity index (χ3n) is 4.74. The number of rotatable bonds is 2. The maximum absolute atomic E-state index is 12.4. The average Bonchev–Trinajstić information content (AvgIpc) is 2.88. The molecule has 0 bridgehead atoms. The largest absolute Gasteiger partial charge is 0.333 e. The molecule has 0 spiro atoms. The van der Waals surface area contributed by atoms with E-state index in [2.05, 4.69) is 12.2 Å². The summed E-state index contributed by atoms with van der Waals surface area (Å²) in [5.74, 6) is 0.634. The van der Waals surface area contributed by atoms with E-state index in [1.807, 2.05) is 36.1 Å². The Morgan fingerprint density at radius 2 is 1.96 bits per heavy atom. The summed E-state index contributed by atoms with van der Waals surface area (Å²) >= 11 is 0. The first-order valence-corrected chi connectivity index (χ1v) is 8.45. The van der Waals surface area contributed by atoms with Gasteiger partial charge in [0.05, 0.1) is 6.04 Å². The zero-order valence-corrected chi connectivity index (χ0v) is 13.9. The SMILES string of the molecule is Cc1ccc(N2C[C@H](NC(=O)N3CCC[C@@H](C)C3)CC2=O)cc1. The molecule has 2 heterocycles. The van der Waals surface area contributed by atoms with Gasteiger partial charge in [-0.25, -0.2) is 4.79 Å². The van der Waals surface area contributed by atoms with Gasteiger partial charge in [-0.2, -0.15) is 0 Å². The number of nitrogens with one attached hydrogen (secondary N) is 1. The fraction of sp³-hybridized carbons (Fsp3) is 0.556. The second-order valence-electron chi connectivity index (χ2n) is 6.88. The molecule has 1 N–H and O–H groups in total. The number of hydrogen-bond acceptors (Lipinski definition) is 2. The van der Waals surface area contributed by atoms with Crippen LogP contribution in [0.1, 0.15) is 31.7 Å². The Hall–Kier alpha value is -2.04. The standard InChI is InChI=1S/C18H25N3O2/c1-13-5-7-16(8-6-13)21-12-15(10-17(21)22)19-18(23)20-9-3-4-14(2)11-20/h5-8,14-15H,3-4,9-12H2,1-2H3,(H,19,23)/t14-,15-/m1/s1. The molecule has 2 aliphatic heterocycles. The number of piperidine rings is 1. The highest BCUT2D eigenvalue weighted by Crippen LogP contribution is 2.22. The average molecular weight is 315 g/mol. The summed E-state index contributed by atoms with van der Waals surface area (Å²) in [6, 6.07) is 7.80. The fourth-order valence-electron chi connectivity index (χ4n) is 3.42. The summed E-state index contributed by atoms with van der Waals surface area (Å²) in [6.45, 7) is 6.39. The van der Waals surface area contributed by atoms with Gasteiger partial charge < -0.3 is 15.1 Å². The topological polar surface area (TPSA) is 52.7 Å². The number of aryl methyl sites for hydroxylation is 1. The number of urea groups is 1. The number of likely N-dealkylation sites (tertiary alicyclic amines) is 1.